The lowest BCUT2D eigenvalue weighted by molar-refractivity contribution is 0.271. The molecule has 0 aromatic rings. The third kappa shape index (κ3) is 6.95. The first kappa shape index (κ1) is 16.3. The highest BCUT2D eigenvalue weighted by molar-refractivity contribution is 7.89. The van der Waals surface area contributed by atoms with Gasteiger partial charge in [-0.3, -0.25) is 0 Å². The number of unbranched alkanes of at least 4 members (excludes halogenated alkanes) is 1. The van der Waals surface area contributed by atoms with Crippen LogP contribution in [0.2, 0.25) is 0 Å². The van der Waals surface area contributed by atoms with Gasteiger partial charge in [0.05, 0.1) is 5.75 Å². The molecule has 1 N–H and O–H groups in total. The topological polar surface area (TPSA) is 46.2 Å². The SMILES string of the molecule is CC1CCCC(CCNS(=O)(=O)CCCCCl)C1. The van der Waals surface area contributed by atoms with E-state index in [-0.39, 0.29) is 5.75 Å². The molecular formula is C13H26ClNO2S. The number of rotatable bonds is 8. The van der Waals surface area contributed by atoms with Gasteiger partial charge in [-0.2, -0.15) is 0 Å². The van der Waals surface area contributed by atoms with E-state index in [2.05, 4.69) is 11.6 Å². The standard InChI is InChI=1S/C13H26ClNO2S/c1-12-5-4-6-13(11-12)7-9-15-18(16,17)10-3-2-8-14/h12-13,15H,2-11H2,1H3. The third-order valence-corrected chi connectivity index (χ3v) is 5.45. The molecular weight excluding hydrogens is 270 g/mol. The molecule has 0 amide bonds. The molecule has 0 saturated heterocycles. The molecule has 0 heterocycles. The number of halogens is 1. The van der Waals surface area contributed by atoms with Crippen LogP contribution in [0.4, 0.5) is 0 Å². The summed E-state index contributed by atoms with van der Waals surface area (Å²) in [5.74, 6) is 2.26. The Labute approximate surface area is 117 Å². The molecule has 1 fully saturated rings. The van der Waals surface area contributed by atoms with Crippen molar-refractivity contribution in [2.24, 2.45) is 11.8 Å². The Morgan fingerprint density at radius 3 is 2.72 bits per heavy atom. The van der Waals surface area contributed by atoms with Crippen molar-refractivity contribution in [3.8, 4) is 0 Å². The first-order chi connectivity index (χ1) is 8.53. The van der Waals surface area contributed by atoms with Crippen LogP contribution in [0.1, 0.15) is 51.9 Å². The summed E-state index contributed by atoms with van der Waals surface area (Å²) in [5, 5.41) is 0. The summed E-state index contributed by atoms with van der Waals surface area (Å²) in [6.07, 6.45) is 7.56. The molecule has 0 radical (unpaired) electrons. The summed E-state index contributed by atoms with van der Waals surface area (Å²) in [6, 6.07) is 0. The van der Waals surface area contributed by atoms with E-state index in [1.54, 1.807) is 0 Å². The van der Waals surface area contributed by atoms with Gasteiger partial charge in [0.15, 0.2) is 0 Å². The molecule has 1 aliphatic rings. The fourth-order valence-electron chi connectivity index (χ4n) is 2.70. The Kier molecular flexibility index (Phi) is 7.57. The molecule has 3 nitrogen and oxygen atoms in total. The minimum Gasteiger partial charge on any atom is -0.215 e. The van der Waals surface area contributed by atoms with Gasteiger partial charge < -0.3 is 0 Å². The molecule has 0 aliphatic heterocycles. The second kappa shape index (κ2) is 8.39. The second-order valence-electron chi connectivity index (χ2n) is 5.54. The van der Waals surface area contributed by atoms with E-state index < -0.39 is 10.0 Å². The van der Waals surface area contributed by atoms with Gasteiger partial charge in [-0.05, 0) is 37.5 Å². The molecule has 0 spiro atoms. The van der Waals surface area contributed by atoms with Crippen LogP contribution in [0.25, 0.3) is 0 Å². The molecule has 1 aliphatic carbocycles. The zero-order valence-corrected chi connectivity index (χ0v) is 12.9. The minimum atomic E-state index is -3.08. The normalized spacial score (nSPS) is 25.2. The third-order valence-electron chi connectivity index (χ3n) is 3.72. The summed E-state index contributed by atoms with van der Waals surface area (Å²) in [6.45, 7) is 2.89. The maximum absolute atomic E-state index is 11.7. The van der Waals surface area contributed by atoms with Crippen molar-refractivity contribution in [1.82, 2.24) is 4.72 Å². The zero-order chi connectivity index (χ0) is 13.4. The number of hydrogen-bond acceptors (Lipinski definition) is 2. The number of sulfonamides is 1. The molecule has 18 heavy (non-hydrogen) atoms. The molecule has 0 aromatic carbocycles. The maximum Gasteiger partial charge on any atom is 0.211 e. The zero-order valence-electron chi connectivity index (χ0n) is 11.3. The van der Waals surface area contributed by atoms with E-state index in [0.29, 0.717) is 24.8 Å². The van der Waals surface area contributed by atoms with Gasteiger partial charge in [-0.15, -0.1) is 11.6 Å². The molecule has 1 rings (SSSR count). The van der Waals surface area contributed by atoms with Gasteiger partial charge in [0, 0.05) is 12.4 Å². The van der Waals surface area contributed by atoms with E-state index >= 15 is 0 Å². The van der Waals surface area contributed by atoms with Crippen molar-refractivity contribution in [1.29, 1.82) is 0 Å². The van der Waals surface area contributed by atoms with Crippen molar-refractivity contribution in [2.75, 3.05) is 18.2 Å². The van der Waals surface area contributed by atoms with E-state index in [0.717, 1.165) is 18.8 Å². The van der Waals surface area contributed by atoms with Crippen molar-refractivity contribution >= 4 is 21.6 Å². The summed E-state index contributed by atoms with van der Waals surface area (Å²) < 4.78 is 26.0. The molecule has 108 valence electrons. The quantitative estimate of drug-likeness (QED) is 0.552. The Morgan fingerprint density at radius 1 is 1.28 bits per heavy atom. The first-order valence-corrected chi connectivity index (χ1v) is 9.25. The molecule has 2 atom stereocenters. The predicted octanol–water partition coefficient (Wildman–Crippen LogP) is 3.14. The van der Waals surface area contributed by atoms with E-state index in [4.69, 9.17) is 11.6 Å². The van der Waals surface area contributed by atoms with Gasteiger partial charge in [0.2, 0.25) is 10.0 Å². The lowest BCUT2D eigenvalue weighted by Gasteiger charge is -2.26. The molecule has 5 heteroatoms. The average Bonchev–Trinajstić information content (AvgIpc) is 2.29. The molecule has 0 aromatic heterocycles. The van der Waals surface area contributed by atoms with Crippen LogP contribution in [0, 0.1) is 11.8 Å². The molecule has 2 unspecified atom stereocenters. The smallest absolute Gasteiger partial charge is 0.211 e. The average molecular weight is 296 g/mol. The highest BCUT2D eigenvalue weighted by Crippen LogP contribution is 2.30. The van der Waals surface area contributed by atoms with Gasteiger partial charge in [0.1, 0.15) is 0 Å². The Bertz CT molecular complexity index is 319. The minimum absolute atomic E-state index is 0.209. The highest BCUT2D eigenvalue weighted by Gasteiger charge is 2.19. The number of alkyl halides is 1. The van der Waals surface area contributed by atoms with Crippen LogP contribution in [0.5, 0.6) is 0 Å². The van der Waals surface area contributed by atoms with Crippen LogP contribution in [0.3, 0.4) is 0 Å². The van der Waals surface area contributed by atoms with Crippen molar-refractivity contribution in [3.63, 3.8) is 0 Å². The summed E-state index contributed by atoms with van der Waals surface area (Å²) >= 11 is 5.53. The lowest BCUT2D eigenvalue weighted by atomic mass is 9.81. The van der Waals surface area contributed by atoms with E-state index in [9.17, 15) is 8.42 Å². The van der Waals surface area contributed by atoms with E-state index in [1.807, 2.05) is 0 Å². The fourth-order valence-corrected chi connectivity index (χ4v) is 4.05. The van der Waals surface area contributed by atoms with E-state index in [1.165, 1.54) is 25.7 Å². The number of nitrogens with one attached hydrogen (secondary N) is 1. The lowest BCUT2D eigenvalue weighted by Crippen LogP contribution is -2.29. The second-order valence-corrected chi connectivity index (χ2v) is 7.84. The van der Waals surface area contributed by atoms with Crippen LogP contribution in [0.15, 0.2) is 0 Å². The molecule has 0 bridgehead atoms. The van der Waals surface area contributed by atoms with Crippen molar-refractivity contribution in [2.45, 2.75) is 51.9 Å². The first-order valence-electron chi connectivity index (χ1n) is 7.07. The van der Waals surface area contributed by atoms with Crippen molar-refractivity contribution in [3.05, 3.63) is 0 Å². The van der Waals surface area contributed by atoms with Crippen LogP contribution in [-0.2, 0) is 10.0 Å². The molecule has 1 saturated carbocycles. The van der Waals surface area contributed by atoms with Crippen LogP contribution < -0.4 is 4.72 Å². The van der Waals surface area contributed by atoms with Gasteiger partial charge in [-0.1, -0.05) is 26.2 Å². The Balaban J connectivity index is 2.15. The monoisotopic (exact) mass is 295 g/mol. The van der Waals surface area contributed by atoms with Crippen molar-refractivity contribution < 1.29 is 8.42 Å². The highest BCUT2D eigenvalue weighted by atomic mass is 35.5. The van der Waals surface area contributed by atoms with Gasteiger partial charge >= 0.3 is 0 Å². The predicted molar refractivity (Wildman–Crippen MR) is 77.5 cm³/mol. The summed E-state index contributed by atoms with van der Waals surface area (Å²) in [4.78, 5) is 0. The Hall–Kier alpha value is 0.200. The fraction of sp³-hybridized carbons (Fsp3) is 1.00. The maximum atomic E-state index is 11.7. The number of hydrogen-bond donors (Lipinski definition) is 1. The van der Waals surface area contributed by atoms with Gasteiger partial charge in [0.25, 0.3) is 0 Å². The summed E-state index contributed by atoms with van der Waals surface area (Å²) in [7, 11) is -3.08. The van der Waals surface area contributed by atoms with Crippen LogP contribution in [-0.4, -0.2) is 26.6 Å². The summed E-state index contributed by atoms with van der Waals surface area (Å²) in [5.41, 5.74) is 0. The van der Waals surface area contributed by atoms with Gasteiger partial charge in [-0.25, -0.2) is 13.1 Å². The largest absolute Gasteiger partial charge is 0.215 e. The Morgan fingerprint density at radius 2 is 2.06 bits per heavy atom. The van der Waals surface area contributed by atoms with Crippen LogP contribution >= 0.6 is 11.6 Å².